The molecule has 4 aromatic rings. The van der Waals surface area contributed by atoms with Gasteiger partial charge in [-0.05, 0) is 24.3 Å². The fraction of sp³-hybridized carbons (Fsp3) is 0.100. The van der Waals surface area contributed by atoms with Gasteiger partial charge in [0.1, 0.15) is 0 Å². The van der Waals surface area contributed by atoms with Gasteiger partial charge in [0.15, 0.2) is 18.3 Å². The van der Waals surface area contributed by atoms with E-state index >= 15 is 0 Å². The van der Waals surface area contributed by atoms with E-state index in [1.54, 1.807) is 6.26 Å². The first-order valence-electron chi connectivity index (χ1n) is 8.19. The predicted octanol–water partition coefficient (Wildman–Crippen LogP) is 3.18. The monoisotopic (exact) mass is 332 g/mol. The Morgan fingerprint density at radius 2 is 1.60 bits per heavy atom. The average Bonchev–Trinajstić information content (AvgIpc) is 3.36. The molecule has 0 aliphatic rings. The molecule has 5 nitrogen and oxygen atoms in total. The molecule has 5 heteroatoms. The molecule has 0 saturated carbocycles. The topological polar surface area (TPSA) is 68.7 Å². The number of quaternary nitrogens is 1. The number of nitrogens with two attached hydrogens (primary N) is 1. The standard InChI is InChI=1S/C20H17N3O2/c1-3-8-15(9-4-1)19(17-12-7-13-24-17)21-14-18-22-23-20(25-18)16-10-5-2-6-11-16/h1-13,19,21H,14H2/p+1/t19-/m1/s1. The van der Waals surface area contributed by atoms with Crippen LogP contribution in [0.4, 0.5) is 0 Å². The lowest BCUT2D eigenvalue weighted by atomic mass is 10.0. The first kappa shape index (κ1) is 15.4. The lowest BCUT2D eigenvalue weighted by Crippen LogP contribution is -2.84. The molecular weight excluding hydrogens is 314 g/mol. The second-order valence-corrected chi connectivity index (χ2v) is 5.71. The Morgan fingerprint density at radius 3 is 2.32 bits per heavy atom. The van der Waals surface area contributed by atoms with Crippen molar-refractivity contribution in [2.45, 2.75) is 12.6 Å². The van der Waals surface area contributed by atoms with Gasteiger partial charge in [-0.15, -0.1) is 10.2 Å². The van der Waals surface area contributed by atoms with Crippen molar-refractivity contribution in [1.82, 2.24) is 10.2 Å². The fourth-order valence-electron chi connectivity index (χ4n) is 2.80. The first-order valence-corrected chi connectivity index (χ1v) is 8.19. The van der Waals surface area contributed by atoms with Crippen LogP contribution in [-0.4, -0.2) is 10.2 Å². The van der Waals surface area contributed by atoms with E-state index in [-0.39, 0.29) is 6.04 Å². The summed E-state index contributed by atoms with van der Waals surface area (Å²) in [6, 6.07) is 23.9. The Hall–Kier alpha value is -3.18. The lowest BCUT2D eigenvalue weighted by Gasteiger charge is -2.12. The maximum atomic E-state index is 5.79. The smallest absolute Gasteiger partial charge is 0.271 e. The molecule has 1 atom stereocenters. The van der Waals surface area contributed by atoms with Crippen molar-refractivity contribution in [1.29, 1.82) is 0 Å². The SMILES string of the molecule is c1ccc(-c2nnc(C[NH2+][C@H](c3ccccc3)c3ccco3)o2)cc1. The van der Waals surface area contributed by atoms with E-state index < -0.39 is 0 Å². The Balaban J connectivity index is 1.51. The molecule has 0 aliphatic heterocycles. The summed E-state index contributed by atoms with van der Waals surface area (Å²) in [6.07, 6.45) is 1.69. The second kappa shape index (κ2) is 7.15. The summed E-state index contributed by atoms with van der Waals surface area (Å²) in [5, 5.41) is 10.4. The summed E-state index contributed by atoms with van der Waals surface area (Å²) in [4.78, 5) is 0. The number of benzene rings is 2. The highest BCUT2D eigenvalue weighted by Crippen LogP contribution is 2.19. The number of hydrogen-bond donors (Lipinski definition) is 1. The molecule has 25 heavy (non-hydrogen) atoms. The van der Waals surface area contributed by atoms with Crippen LogP contribution >= 0.6 is 0 Å². The third-order valence-corrected chi connectivity index (χ3v) is 4.02. The summed E-state index contributed by atoms with van der Waals surface area (Å²) in [5.74, 6) is 2.03. The Labute approximate surface area is 145 Å². The molecule has 0 fully saturated rings. The van der Waals surface area contributed by atoms with Crippen LogP contribution in [0.2, 0.25) is 0 Å². The minimum absolute atomic E-state index is 0.0447. The molecule has 0 bridgehead atoms. The minimum atomic E-state index is 0.0447. The molecule has 124 valence electrons. The van der Waals surface area contributed by atoms with Gasteiger partial charge >= 0.3 is 0 Å². The molecule has 2 aromatic carbocycles. The van der Waals surface area contributed by atoms with Crippen LogP contribution in [0, 0.1) is 0 Å². The molecule has 4 rings (SSSR count). The van der Waals surface area contributed by atoms with Crippen LogP contribution in [-0.2, 0) is 6.54 Å². The molecule has 0 aliphatic carbocycles. The quantitative estimate of drug-likeness (QED) is 0.589. The molecular formula is C20H18N3O2+. The Bertz CT molecular complexity index is 903. The number of aromatic nitrogens is 2. The average molecular weight is 332 g/mol. The van der Waals surface area contributed by atoms with E-state index in [0.29, 0.717) is 18.3 Å². The van der Waals surface area contributed by atoms with E-state index in [2.05, 4.69) is 27.6 Å². The highest BCUT2D eigenvalue weighted by molar-refractivity contribution is 5.51. The van der Waals surface area contributed by atoms with Gasteiger partial charge in [0.2, 0.25) is 5.89 Å². The zero-order valence-electron chi connectivity index (χ0n) is 13.6. The highest BCUT2D eigenvalue weighted by Gasteiger charge is 2.21. The van der Waals surface area contributed by atoms with Crippen LogP contribution in [0.15, 0.2) is 87.9 Å². The molecule has 0 unspecified atom stereocenters. The van der Waals surface area contributed by atoms with E-state index in [4.69, 9.17) is 8.83 Å². The molecule has 2 aromatic heterocycles. The van der Waals surface area contributed by atoms with E-state index in [0.717, 1.165) is 11.3 Å². The molecule has 0 radical (unpaired) electrons. The molecule has 2 heterocycles. The second-order valence-electron chi connectivity index (χ2n) is 5.71. The van der Waals surface area contributed by atoms with Gasteiger partial charge in [0.05, 0.1) is 6.26 Å². The van der Waals surface area contributed by atoms with Gasteiger partial charge in [-0.25, -0.2) is 0 Å². The van der Waals surface area contributed by atoms with Crippen LogP contribution in [0.1, 0.15) is 23.3 Å². The van der Waals surface area contributed by atoms with Crippen LogP contribution in [0.25, 0.3) is 11.5 Å². The van der Waals surface area contributed by atoms with E-state index in [9.17, 15) is 0 Å². The van der Waals surface area contributed by atoms with Crippen molar-refractivity contribution in [3.8, 4) is 11.5 Å². The van der Waals surface area contributed by atoms with Crippen molar-refractivity contribution >= 4 is 0 Å². The zero-order chi connectivity index (χ0) is 16.9. The van der Waals surface area contributed by atoms with Gasteiger partial charge in [-0.2, -0.15) is 0 Å². The van der Waals surface area contributed by atoms with Crippen LogP contribution in [0.5, 0.6) is 0 Å². The van der Waals surface area contributed by atoms with Crippen LogP contribution < -0.4 is 5.32 Å². The molecule has 0 amide bonds. The van der Waals surface area contributed by atoms with Gasteiger partial charge in [0, 0.05) is 11.1 Å². The number of hydrogen-bond acceptors (Lipinski definition) is 4. The first-order chi connectivity index (χ1) is 12.4. The number of rotatable bonds is 6. The van der Waals surface area contributed by atoms with Gasteiger partial charge in [0.25, 0.3) is 5.89 Å². The molecule has 0 saturated heterocycles. The molecule has 0 spiro atoms. The maximum absolute atomic E-state index is 5.79. The van der Waals surface area contributed by atoms with Crippen molar-refractivity contribution in [3.05, 3.63) is 96.3 Å². The van der Waals surface area contributed by atoms with Crippen molar-refractivity contribution in [2.24, 2.45) is 0 Å². The predicted molar refractivity (Wildman–Crippen MR) is 92.4 cm³/mol. The summed E-state index contributed by atoms with van der Waals surface area (Å²) in [7, 11) is 0. The summed E-state index contributed by atoms with van der Waals surface area (Å²) < 4.78 is 11.4. The van der Waals surface area contributed by atoms with Gasteiger partial charge in [-0.3, -0.25) is 0 Å². The normalized spacial score (nSPS) is 12.2. The highest BCUT2D eigenvalue weighted by atomic mass is 16.4. The van der Waals surface area contributed by atoms with Crippen molar-refractivity contribution in [3.63, 3.8) is 0 Å². The van der Waals surface area contributed by atoms with Crippen molar-refractivity contribution < 1.29 is 14.2 Å². The van der Waals surface area contributed by atoms with Crippen LogP contribution in [0.3, 0.4) is 0 Å². The van der Waals surface area contributed by atoms with Gasteiger partial charge in [-0.1, -0.05) is 48.5 Å². The van der Waals surface area contributed by atoms with E-state index in [1.165, 1.54) is 5.56 Å². The third kappa shape index (κ3) is 3.51. The summed E-state index contributed by atoms with van der Waals surface area (Å²) >= 11 is 0. The largest absolute Gasteiger partial charge is 0.463 e. The maximum Gasteiger partial charge on any atom is 0.271 e. The number of nitrogens with zero attached hydrogens (tertiary/aromatic N) is 2. The van der Waals surface area contributed by atoms with Gasteiger partial charge < -0.3 is 14.2 Å². The minimum Gasteiger partial charge on any atom is -0.463 e. The molecule has 2 N–H and O–H groups in total. The van der Waals surface area contributed by atoms with Crippen molar-refractivity contribution in [2.75, 3.05) is 0 Å². The Kier molecular flexibility index (Phi) is 4.39. The zero-order valence-corrected chi connectivity index (χ0v) is 13.6. The summed E-state index contributed by atoms with van der Waals surface area (Å²) in [6.45, 7) is 0.570. The number of furan rings is 1. The lowest BCUT2D eigenvalue weighted by molar-refractivity contribution is -0.706. The van der Waals surface area contributed by atoms with E-state index in [1.807, 2.05) is 60.7 Å². The fourth-order valence-corrected chi connectivity index (χ4v) is 2.80. The third-order valence-electron chi connectivity index (χ3n) is 4.02. The summed E-state index contributed by atoms with van der Waals surface area (Å²) in [5.41, 5.74) is 2.09. The Morgan fingerprint density at radius 1 is 0.840 bits per heavy atom.